The van der Waals surface area contributed by atoms with Gasteiger partial charge in [-0.3, -0.25) is 0 Å². The van der Waals surface area contributed by atoms with Crippen LogP contribution in [-0.4, -0.2) is 11.1 Å². The number of carboxylic acids is 1. The monoisotopic (exact) mass is 284 g/mol. The lowest BCUT2D eigenvalue weighted by Gasteiger charge is -2.16. The predicted octanol–water partition coefficient (Wildman–Crippen LogP) is 3.84. The van der Waals surface area contributed by atoms with Crippen molar-refractivity contribution in [1.82, 2.24) is 0 Å². The number of benzene rings is 2. The maximum atomic E-state index is 11.0. The van der Waals surface area contributed by atoms with E-state index in [0.717, 1.165) is 24.2 Å². The van der Waals surface area contributed by atoms with Crippen molar-refractivity contribution in [2.45, 2.75) is 26.7 Å². The highest BCUT2D eigenvalue weighted by molar-refractivity contribution is 5.94. The van der Waals surface area contributed by atoms with Gasteiger partial charge in [0, 0.05) is 17.1 Å². The average Bonchev–Trinajstić information content (AvgIpc) is 2.47. The molecule has 21 heavy (non-hydrogen) atoms. The van der Waals surface area contributed by atoms with Crippen LogP contribution in [0.3, 0.4) is 0 Å². The van der Waals surface area contributed by atoms with Gasteiger partial charge in [-0.15, -0.1) is 0 Å². The summed E-state index contributed by atoms with van der Waals surface area (Å²) in [5, 5.41) is 12.4. The fraction of sp³-hybridized carbons (Fsp3) is 0.235. The van der Waals surface area contributed by atoms with Crippen LogP contribution in [-0.2, 0) is 12.8 Å². The highest BCUT2D eigenvalue weighted by Gasteiger charge is 2.10. The number of anilines is 3. The molecule has 4 N–H and O–H groups in total. The lowest BCUT2D eigenvalue weighted by atomic mass is 10.0. The second kappa shape index (κ2) is 6.31. The lowest BCUT2D eigenvalue weighted by molar-refractivity contribution is 0.0698. The Labute approximate surface area is 124 Å². The third-order valence-corrected chi connectivity index (χ3v) is 3.55. The summed E-state index contributed by atoms with van der Waals surface area (Å²) in [5.41, 5.74) is 10.5. The van der Waals surface area contributed by atoms with Crippen LogP contribution in [0.2, 0.25) is 0 Å². The highest BCUT2D eigenvalue weighted by Crippen LogP contribution is 2.28. The Bertz CT molecular complexity index is 644. The van der Waals surface area contributed by atoms with Crippen LogP contribution in [0.1, 0.15) is 35.3 Å². The average molecular weight is 284 g/mol. The van der Waals surface area contributed by atoms with Gasteiger partial charge in [0.1, 0.15) is 0 Å². The number of hydrogen-bond acceptors (Lipinski definition) is 3. The van der Waals surface area contributed by atoms with E-state index < -0.39 is 5.97 Å². The Morgan fingerprint density at radius 3 is 2.24 bits per heavy atom. The summed E-state index contributed by atoms with van der Waals surface area (Å²) >= 11 is 0. The molecule has 0 heterocycles. The van der Waals surface area contributed by atoms with Crippen LogP contribution in [0, 0.1) is 0 Å². The van der Waals surface area contributed by atoms with E-state index >= 15 is 0 Å². The van der Waals surface area contributed by atoms with Crippen molar-refractivity contribution >= 4 is 23.0 Å². The minimum atomic E-state index is -1.01. The third kappa shape index (κ3) is 3.16. The van der Waals surface area contributed by atoms with Crippen LogP contribution in [0.4, 0.5) is 17.1 Å². The maximum absolute atomic E-state index is 11.0. The van der Waals surface area contributed by atoms with Crippen molar-refractivity contribution in [2.24, 2.45) is 0 Å². The first-order valence-electron chi connectivity index (χ1n) is 7.07. The van der Waals surface area contributed by atoms with Gasteiger partial charge in [0.05, 0.1) is 5.56 Å². The normalized spacial score (nSPS) is 10.4. The molecule has 110 valence electrons. The van der Waals surface area contributed by atoms with Crippen molar-refractivity contribution in [3.05, 3.63) is 53.1 Å². The molecule has 0 radical (unpaired) electrons. The van der Waals surface area contributed by atoms with E-state index in [2.05, 4.69) is 37.4 Å². The second-order valence-corrected chi connectivity index (χ2v) is 4.89. The molecule has 0 atom stereocenters. The highest BCUT2D eigenvalue weighted by atomic mass is 16.4. The minimum Gasteiger partial charge on any atom is -0.478 e. The number of carbonyl (C=O) groups is 1. The van der Waals surface area contributed by atoms with Gasteiger partial charge in [-0.05, 0) is 42.2 Å². The number of aryl methyl sites for hydroxylation is 2. The standard InChI is InChI=1S/C17H20N2O2/c1-3-11-6-5-7-12(4-2)16(11)19-13-8-9-14(17(20)21)15(18)10-13/h5-10,19H,3-4,18H2,1-2H3,(H,20,21). The van der Waals surface area contributed by atoms with E-state index in [0.29, 0.717) is 0 Å². The molecule has 0 saturated carbocycles. The smallest absolute Gasteiger partial charge is 0.337 e. The third-order valence-electron chi connectivity index (χ3n) is 3.55. The number of aromatic carboxylic acids is 1. The zero-order valence-corrected chi connectivity index (χ0v) is 12.3. The van der Waals surface area contributed by atoms with Crippen LogP contribution in [0.25, 0.3) is 0 Å². The molecule has 0 aromatic heterocycles. The first-order chi connectivity index (χ1) is 10.1. The molecule has 4 heteroatoms. The summed E-state index contributed by atoms with van der Waals surface area (Å²) in [4.78, 5) is 11.0. The quantitative estimate of drug-likeness (QED) is 0.729. The van der Waals surface area contributed by atoms with E-state index in [1.165, 1.54) is 17.2 Å². The topological polar surface area (TPSA) is 75.3 Å². The van der Waals surface area contributed by atoms with Gasteiger partial charge < -0.3 is 16.2 Å². The second-order valence-electron chi connectivity index (χ2n) is 4.89. The van der Waals surface area contributed by atoms with Crippen molar-refractivity contribution in [1.29, 1.82) is 0 Å². The number of carboxylic acid groups (broad SMARTS) is 1. The van der Waals surface area contributed by atoms with Crippen molar-refractivity contribution < 1.29 is 9.90 Å². The summed E-state index contributed by atoms with van der Waals surface area (Å²) in [6.45, 7) is 4.23. The van der Waals surface area contributed by atoms with Crippen molar-refractivity contribution in [3.63, 3.8) is 0 Å². The SMILES string of the molecule is CCc1cccc(CC)c1Nc1ccc(C(=O)O)c(N)c1. The molecule has 2 aromatic carbocycles. The van der Waals surface area contributed by atoms with E-state index in [9.17, 15) is 4.79 Å². The van der Waals surface area contributed by atoms with Gasteiger partial charge in [-0.1, -0.05) is 32.0 Å². The van der Waals surface area contributed by atoms with Gasteiger partial charge in [-0.2, -0.15) is 0 Å². The van der Waals surface area contributed by atoms with Gasteiger partial charge in [0.2, 0.25) is 0 Å². The first kappa shape index (κ1) is 14.9. The summed E-state index contributed by atoms with van der Waals surface area (Å²) in [6, 6.07) is 11.2. The summed E-state index contributed by atoms with van der Waals surface area (Å²) in [5.74, 6) is -1.01. The molecule has 2 aromatic rings. The van der Waals surface area contributed by atoms with E-state index in [1.807, 2.05) is 0 Å². The lowest BCUT2D eigenvalue weighted by Crippen LogP contribution is -2.04. The molecule has 0 aliphatic carbocycles. The largest absolute Gasteiger partial charge is 0.478 e. The van der Waals surface area contributed by atoms with E-state index in [1.54, 1.807) is 12.1 Å². The van der Waals surface area contributed by atoms with E-state index in [4.69, 9.17) is 10.8 Å². The van der Waals surface area contributed by atoms with Crippen LogP contribution >= 0.6 is 0 Å². The molecule has 0 amide bonds. The Balaban J connectivity index is 2.38. The molecule has 2 rings (SSSR count). The van der Waals surface area contributed by atoms with Crippen molar-refractivity contribution in [3.8, 4) is 0 Å². The molecule has 0 bridgehead atoms. The molecule has 0 saturated heterocycles. The fourth-order valence-corrected chi connectivity index (χ4v) is 2.38. The molecule has 4 nitrogen and oxygen atoms in total. The van der Waals surface area contributed by atoms with Crippen LogP contribution in [0.5, 0.6) is 0 Å². The number of nitrogens with two attached hydrogens (primary N) is 1. The molecular formula is C17H20N2O2. The molecule has 0 fully saturated rings. The minimum absolute atomic E-state index is 0.125. The Morgan fingerprint density at radius 2 is 1.76 bits per heavy atom. The zero-order valence-electron chi connectivity index (χ0n) is 12.3. The number of para-hydroxylation sites is 1. The number of nitrogen functional groups attached to an aromatic ring is 1. The number of rotatable bonds is 5. The summed E-state index contributed by atoms with van der Waals surface area (Å²) in [6.07, 6.45) is 1.86. The zero-order chi connectivity index (χ0) is 15.4. The molecule has 0 spiro atoms. The molecular weight excluding hydrogens is 264 g/mol. The molecule has 0 unspecified atom stereocenters. The Hall–Kier alpha value is -2.49. The van der Waals surface area contributed by atoms with Gasteiger partial charge >= 0.3 is 5.97 Å². The fourth-order valence-electron chi connectivity index (χ4n) is 2.38. The van der Waals surface area contributed by atoms with Gasteiger partial charge in [-0.25, -0.2) is 4.79 Å². The van der Waals surface area contributed by atoms with E-state index in [-0.39, 0.29) is 11.3 Å². The summed E-state index contributed by atoms with van der Waals surface area (Å²) < 4.78 is 0. The first-order valence-corrected chi connectivity index (χ1v) is 7.07. The predicted molar refractivity (Wildman–Crippen MR) is 86.3 cm³/mol. The van der Waals surface area contributed by atoms with Gasteiger partial charge in [0.15, 0.2) is 0 Å². The Kier molecular flexibility index (Phi) is 4.48. The summed E-state index contributed by atoms with van der Waals surface area (Å²) in [7, 11) is 0. The molecule has 0 aliphatic rings. The number of hydrogen-bond donors (Lipinski definition) is 3. The maximum Gasteiger partial charge on any atom is 0.337 e. The van der Waals surface area contributed by atoms with Crippen LogP contribution in [0.15, 0.2) is 36.4 Å². The Morgan fingerprint density at radius 1 is 1.14 bits per heavy atom. The molecule has 0 aliphatic heterocycles. The van der Waals surface area contributed by atoms with Crippen LogP contribution < -0.4 is 11.1 Å². The van der Waals surface area contributed by atoms with Gasteiger partial charge in [0.25, 0.3) is 0 Å². The van der Waals surface area contributed by atoms with Crippen molar-refractivity contribution in [2.75, 3.05) is 11.1 Å². The number of nitrogens with one attached hydrogen (secondary N) is 1.